The summed E-state index contributed by atoms with van der Waals surface area (Å²) >= 11 is 5.37. The predicted octanol–water partition coefficient (Wildman–Crippen LogP) is -1.91. The molecule has 4 unspecified atom stereocenters. The Balaban J connectivity index is 1.84. The van der Waals surface area contributed by atoms with Gasteiger partial charge in [-0.2, -0.15) is 0 Å². The highest BCUT2D eigenvalue weighted by molar-refractivity contribution is 6.27. The second-order valence-corrected chi connectivity index (χ2v) is 5.31. The van der Waals surface area contributed by atoms with Gasteiger partial charge in [-0.15, -0.1) is 11.6 Å². The van der Waals surface area contributed by atoms with Crippen LogP contribution in [-0.2, 0) is 9.53 Å². The number of carbonyl (C=O) groups is 1. The zero-order chi connectivity index (χ0) is 16.6. The van der Waals surface area contributed by atoms with Crippen molar-refractivity contribution in [2.75, 3.05) is 12.4 Å². The first kappa shape index (κ1) is 15.9. The number of ether oxygens (including phenoxy) is 1. The quantitative estimate of drug-likeness (QED) is 0.474. The van der Waals surface area contributed by atoms with Crippen LogP contribution >= 0.6 is 11.6 Å². The fourth-order valence-electron chi connectivity index (χ4n) is 2.44. The number of amides is 1. The maximum Gasteiger partial charge on any atom is 0.278 e. The molecule has 0 aromatic carbocycles. The summed E-state index contributed by atoms with van der Waals surface area (Å²) in [6.07, 6.45) is -1.81. The topological polar surface area (TPSA) is 142 Å². The third kappa shape index (κ3) is 2.81. The summed E-state index contributed by atoms with van der Waals surface area (Å²) in [7, 11) is 0. The first-order chi connectivity index (χ1) is 11.0. The Morgan fingerprint density at radius 3 is 2.96 bits per heavy atom. The van der Waals surface area contributed by atoms with Crippen LogP contribution in [0.3, 0.4) is 0 Å². The second kappa shape index (κ2) is 6.24. The minimum Gasteiger partial charge on any atom is -0.387 e. The monoisotopic (exact) mass is 343 g/mol. The highest BCUT2D eigenvalue weighted by Gasteiger charge is 2.44. The van der Waals surface area contributed by atoms with Crippen molar-refractivity contribution in [2.45, 2.75) is 24.5 Å². The van der Waals surface area contributed by atoms with Gasteiger partial charge in [-0.05, 0) is 0 Å². The van der Waals surface area contributed by atoms with Crippen molar-refractivity contribution >= 4 is 28.7 Å². The molecule has 2 aromatic heterocycles. The van der Waals surface area contributed by atoms with E-state index in [0.29, 0.717) is 0 Å². The van der Waals surface area contributed by atoms with Crippen LogP contribution in [0.4, 0.5) is 0 Å². The standard InChI is InChI=1S/C12H14ClN5O5/c13-1-6(19)14-2-5-8(20)9(21)12(23-5)18-4-17-7-10(18)15-3-16-11(7)22/h3-5,8-9,12,20-21H,1-2H2,(H,14,19)(H,15,16,22). The Kier molecular flexibility index (Phi) is 4.31. The van der Waals surface area contributed by atoms with Crippen molar-refractivity contribution < 1.29 is 19.7 Å². The van der Waals surface area contributed by atoms with Gasteiger partial charge in [0.2, 0.25) is 5.91 Å². The number of aromatic nitrogens is 4. The molecule has 0 radical (unpaired) electrons. The fourth-order valence-corrected chi connectivity index (χ4v) is 2.53. The van der Waals surface area contributed by atoms with E-state index in [1.54, 1.807) is 0 Å². The number of nitrogens with zero attached hydrogens (tertiary/aromatic N) is 3. The first-order valence-corrected chi connectivity index (χ1v) is 7.31. The van der Waals surface area contributed by atoms with E-state index >= 15 is 0 Å². The van der Waals surface area contributed by atoms with Crippen LogP contribution in [0.15, 0.2) is 17.4 Å². The van der Waals surface area contributed by atoms with Crippen LogP contribution in [-0.4, -0.2) is 66.4 Å². The maximum absolute atomic E-state index is 11.6. The molecule has 1 fully saturated rings. The second-order valence-electron chi connectivity index (χ2n) is 5.04. The molecule has 0 spiro atoms. The molecule has 3 heterocycles. The number of aliphatic hydroxyl groups excluding tert-OH is 2. The summed E-state index contributed by atoms with van der Waals surface area (Å²) in [4.78, 5) is 33.1. The van der Waals surface area contributed by atoms with E-state index in [4.69, 9.17) is 16.3 Å². The summed E-state index contributed by atoms with van der Waals surface area (Å²) < 4.78 is 6.95. The molecule has 124 valence electrons. The lowest BCUT2D eigenvalue weighted by Gasteiger charge is -2.16. The molecular weight excluding hydrogens is 330 g/mol. The average molecular weight is 344 g/mol. The van der Waals surface area contributed by atoms with E-state index in [0.717, 1.165) is 0 Å². The Labute approximate surface area is 134 Å². The lowest BCUT2D eigenvalue weighted by atomic mass is 10.1. The van der Waals surface area contributed by atoms with Crippen molar-refractivity contribution in [3.63, 3.8) is 0 Å². The highest BCUT2D eigenvalue weighted by atomic mass is 35.5. The first-order valence-electron chi connectivity index (χ1n) is 6.77. The summed E-state index contributed by atoms with van der Waals surface area (Å²) in [5, 5.41) is 22.7. The molecule has 1 amide bonds. The number of alkyl halides is 1. The number of aromatic amines is 1. The SMILES string of the molecule is O=C(CCl)NCC1OC(n2cnc3c(=O)[nH]cnc32)C(O)C1O. The van der Waals surface area contributed by atoms with E-state index in [-0.39, 0.29) is 23.6 Å². The van der Waals surface area contributed by atoms with Gasteiger partial charge in [-0.25, -0.2) is 9.97 Å². The lowest BCUT2D eigenvalue weighted by Crippen LogP contribution is -2.40. The summed E-state index contributed by atoms with van der Waals surface area (Å²) in [6, 6.07) is 0. The number of nitrogens with one attached hydrogen (secondary N) is 2. The van der Waals surface area contributed by atoms with E-state index in [9.17, 15) is 19.8 Å². The van der Waals surface area contributed by atoms with Crippen molar-refractivity contribution in [2.24, 2.45) is 0 Å². The predicted molar refractivity (Wildman–Crippen MR) is 77.8 cm³/mol. The zero-order valence-corrected chi connectivity index (χ0v) is 12.5. The fraction of sp³-hybridized carbons (Fsp3) is 0.500. The Bertz CT molecular complexity index is 777. The zero-order valence-electron chi connectivity index (χ0n) is 11.7. The Morgan fingerprint density at radius 1 is 1.43 bits per heavy atom. The third-order valence-electron chi connectivity index (χ3n) is 3.60. The van der Waals surface area contributed by atoms with Crippen LogP contribution in [0.1, 0.15) is 6.23 Å². The van der Waals surface area contributed by atoms with Crippen LogP contribution < -0.4 is 10.9 Å². The van der Waals surface area contributed by atoms with Gasteiger partial charge in [0.25, 0.3) is 5.56 Å². The average Bonchev–Trinajstić information content (AvgIpc) is 3.09. The van der Waals surface area contributed by atoms with Crippen LogP contribution in [0, 0.1) is 0 Å². The molecule has 11 heteroatoms. The van der Waals surface area contributed by atoms with Crippen molar-refractivity contribution in [3.8, 4) is 0 Å². The Morgan fingerprint density at radius 2 is 2.22 bits per heavy atom. The molecule has 0 aliphatic carbocycles. The van der Waals surface area contributed by atoms with Gasteiger partial charge >= 0.3 is 0 Å². The summed E-state index contributed by atoms with van der Waals surface area (Å²) in [5.41, 5.74) is -0.111. The molecule has 4 N–H and O–H groups in total. The molecule has 3 rings (SSSR count). The normalized spacial score (nSPS) is 27.4. The molecule has 1 saturated heterocycles. The number of halogens is 1. The van der Waals surface area contributed by atoms with E-state index in [2.05, 4.69) is 20.3 Å². The Hall–Kier alpha value is -2.01. The molecule has 1 aliphatic heterocycles. The number of carbonyl (C=O) groups excluding carboxylic acids is 1. The third-order valence-corrected chi connectivity index (χ3v) is 3.84. The van der Waals surface area contributed by atoms with Crippen LogP contribution in [0.2, 0.25) is 0 Å². The molecule has 10 nitrogen and oxygen atoms in total. The van der Waals surface area contributed by atoms with Crippen LogP contribution in [0.25, 0.3) is 11.2 Å². The van der Waals surface area contributed by atoms with E-state index in [1.165, 1.54) is 17.2 Å². The molecule has 4 atom stereocenters. The summed E-state index contributed by atoms with van der Waals surface area (Å²) in [6.45, 7) is -0.0130. The van der Waals surface area contributed by atoms with Gasteiger partial charge < -0.3 is 25.3 Å². The number of hydrogen-bond donors (Lipinski definition) is 4. The number of imidazole rings is 1. The van der Waals surface area contributed by atoms with Crippen molar-refractivity contribution in [3.05, 3.63) is 23.0 Å². The molecule has 2 aromatic rings. The number of hydrogen-bond acceptors (Lipinski definition) is 7. The van der Waals surface area contributed by atoms with Crippen molar-refractivity contribution in [1.82, 2.24) is 24.8 Å². The summed E-state index contributed by atoms with van der Waals surface area (Å²) in [5.74, 6) is -0.630. The number of aliphatic hydroxyl groups is 2. The maximum atomic E-state index is 11.6. The number of rotatable bonds is 4. The molecule has 0 bridgehead atoms. The minimum absolute atomic E-state index is 0.0130. The van der Waals surface area contributed by atoms with E-state index in [1.807, 2.05) is 0 Å². The van der Waals surface area contributed by atoms with Crippen LogP contribution in [0.5, 0.6) is 0 Å². The van der Waals surface area contributed by atoms with Crippen molar-refractivity contribution in [1.29, 1.82) is 0 Å². The van der Waals surface area contributed by atoms with Gasteiger partial charge in [0.05, 0.1) is 12.7 Å². The minimum atomic E-state index is -1.27. The number of H-pyrrole nitrogens is 1. The number of fused-ring (bicyclic) bond motifs is 1. The molecule has 1 aliphatic rings. The van der Waals surface area contributed by atoms with Gasteiger partial charge in [0, 0.05) is 6.54 Å². The van der Waals surface area contributed by atoms with E-state index < -0.39 is 36.0 Å². The molecule has 23 heavy (non-hydrogen) atoms. The van der Waals surface area contributed by atoms with Gasteiger partial charge in [-0.1, -0.05) is 0 Å². The van der Waals surface area contributed by atoms with Gasteiger partial charge in [0.15, 0.2) is 17.4 Å². The van der Waals surface area contributed by atoms with Gasteiger partial charge in [0.1, 0.15) is 24.2 Å². The van der Waals surface area contributed by atoms with Gasteiger partial charge in [-0.3, -0.25) is 14.2 Å². The largest absolute Gasteiger partial charge is 0.387 e. The smallest absolute Gasteiger partial charge is 0.278 e. The molecular formula is C12H14ClN5O5. The highest BCUT2D eigenvalue weighted by Crippen LogP contribution is 2.30. The lowest BCUT2D eigenvalue weighted by molar-refractivity contribution is -0.119. The molecule has 0 saturated carbocycles.